The number of nitrogens with one attached hydrogen (secondary N) is 1. The standard InChI is InChI=1S/C30H44N2O4S2/c1-28(2,3)23-17-22(18-24(19-23)29(4)10-11-29)26-25(16-21-8-6-5-7-9-21)32-27(37-26)38(34,35)31-20-30(33)12-14-36-15-13-30/h17-19,21,31,33H,5-16,20H2,1-4H3. The molecule has 0 amide bonds. The van der Waals surface area contributed by atoms with Crippen molar-refractivity contribution in [2.75, 3.05) is 19.8 Å². The Balaban J connectivity index is 1.52. The van der Waals surface area contributed by atoms with Crippen LogP contribution in [0.4, 0.5) is 0 Å². The van der Waals surface area contributed by atoms with Gasteiger partial charge in [0.1, 0.15) is 0 Å². The van der Waals surface area contributed by atoms with Crippen LogP contribution >= 0.6 is 11.3 Å². The highest BCUT2D eigenvalue weighted by Crippen LogP contribution is 2.50. The highest BCUT2D eigenvalue weighted by molar-refractivity contribution is 7.91. The van der Waals surface area contributed by atoms with Crippen molar-refractivity contribution in [2.24, 2.45) is 5.92 Å². The van der Waals surface area contributed by atoms with Crippen molar-refractivity contribution in [3.05, 3.63) is 35.0 Å². The zero-order chi connectivity index (χ0) is 27.2. The van der Waals surface area contributed by atoms with Crippen LogP contribution < -0.4 is 4.72 Å². The maximum Gasteiger partial charge on any atom is 0.268 e. The Morgan fingerprint density at radius 3 is 2.39 bits per heavy atom. The molecule has 2 aliphatic carbocycles. The van der Waals surface area contributed by atoms with E-state index in [1.807, 2.05) is 0 Å². The van der Waals surface area contributed by atoms with Crippen LogP contribution in [0.5, 0.6) is 0 Å². The number of hydrogen-bond donors (Lipinski definition) is 2. The summed E-state index contributed by atoms with van der Waals surface area (Å²) >= 11 is 1.28. The van der Waals surface area contributed by atoms with Gasteiger partial charge in [-0.05, 0) is 64.8 Å². The van der Waals surface area contributed by atoms with Crippen molar-refractivity contribution in [3.8, 4) is 10.4 Å². The maximum atomic E-state index is 13.5. The molecule has 0 unspecified atom stereocenters. The van der Waals surface area contributed by atoms with Gasteiger partial charge in [0, 0.05) is 32.6 Å². The molecule has 210 valence electrons. The average Bonchev–Trinajstić information content (AvgIpc) is 3.49. The van der Waals surface area contributed by atoms with Crippen LogP contribution in [0, 0.1) is 5.92 Å². The molecule has 0 atom stereocenters. The Morgan fingerprint density at radius 2 is 1.76 bits per heavy atom. The lowest BCUT2D eigenvalue weighted by atomic mass is 9.82. The SMILES string of the molecule is CC(C)(C)c1cc(-c2sc(S(=O)(=O)NCC3(O)CCOCC3)nc2CC2CCCCC2)cc(C2(C)CC2)c1. The second kappa shape index (κ2) is 10.6. The number of ether oxygens (including phenoxy) is 1. The number of aliphatic hydroxyl groups is 1. The topological polar surface area (TPSA) is 88.5 Å². The van der Waals surface area contributed by atoms with E-state index in [1.165, 1.54) is 67.4 Å². The van der Waals surface area contributed by atoms with E-state index in [-0.39, 0.29) is 21.7 Å². The average molecular weight is 561 g/mol. The third-order valence-electron chi connectivity index (χ3n) is 8.89. The first-order chi connectivity index (χ1) is 17.9. The molecular formula is C30H44N2O4S2. The summed E-state index contributed by atoms with van der Waals surface area (Å²) in [5, 5.41) is 10.8. The monoisotopic (exact) mass is 560 g/mol. The van der Waals surface area contributed by atoms with Crippen molar-refractivity contribution >= 4 is 21.4 Å². The van der Waals surface area contributed by atoms with Gasteiger partial charge in [0.25, 0.3) is 10.0 Å². The van der Waals surface area contributed by atoms with E-state index in [0.29, 0.717) is 32.0 Å². The van der Waals surface area contributed by atoms with Crippen LogP contribution in [0.1, 0.15) is 102 Å². The molecular weight excluding hydrogens is 516 g/mol. The van der Waals surface area contributed by atoms with Crippen LogP contribution in [-0.2, 0) is 32.0 Å². The molecule has 1 aromatic heterocycles. The Bertz CT molecular complexity index is 1220. The van der Waals surface area contributed by atoms with Crippen molar-refractivity contribution in [1.82, 2.24) is 9.71 Å². The minimum absolute atomic E-state index is 0.0140. The van der Waals surface area contributed by atoms with Crippen LogP contribution in [-0.4, -0.2) is 43.9 Å². The van der Waals surface area contributed by atoms with Crippen molar-refractivity contribution < 1.29 is 18.3 Å². The van der Waals surface area contributed by atoms with Gasteiger partial charge in [0.2, 0.25) is 4.34 Å². The molecule has 0 spiro atoms. The minimum atomic E-state index is -3.86. The lowest BCUT2D eigenvalue weighted by Gasteiger charge is -2.31. The Kier molecular flexibility index (Phi) is 7.86. The first-order valence-corrected chi connectivity index (χ1v) is 16.6. The van der Waals surface area contributed by atoms with E-state index in [9.17, 15) is 13.5 Å². The second-order valence-corrected chi connectivity index (χ2v) is 16.2. The van der Waals surface area contributed by atoms with E-state index in [0.717, 1.165) is 22.6 Å². The zero-order valence-electron chi connectivity index (χ0n) is 23.4. The minimum Gasteiger partial charge on any atom is -0.388 e. The summed E-state index contributed by atoms with van der Waals surface area (Å²) in [6.07, 6.45) is 10.2. The summed E-state index contributed by atoms with van der Waals surface area (Å²) in [5.74, 6) is 0.544. The number of aromatic nitrogens is 1. The van der Waals surface area contributed by atoms with E-state index < -0.39 is 15.6 Å². The van der Waals surface area contributed by atoms with Crippen LogP contribution in [0.25, 0.3) is 10.4 Å². The smallest absolute Gasteiger partial charge is 0.268 e. The van der Waals surface area contributed by atoms with Gasteiger partial charge in [-0.15, -0.1) is 11.3 Å². The number of hydrogen-bond acceptors (Lipinski definition) is 6. The first kappa shape index (κ1) is 28.2. The number of sulfonamides is 1. The lowest BCUT2D eigenvalue weighted by Crippen LogP contribution is -2.46. The highest BCUT2D eigenvalue weighted by atomic mass is 32.2. The van der Waals surface area contributed by atoms with Gasteiger partial charge in [0.15, 0.2) is 0 Å². The van der Waals surface area contributed by atoms with Gasteiger partial charge in [-0.2, -0.15) is 0 Å². The molecule has 2 N–H and O–H groups in total. The molecule has 5 rings (SSSR count). The Morgan fingerprint density at radius 1 is 1.08 bits per heavy atom. The van der Waals surface area contributed by atoms with Crippen molar-refractivity contribution in [2.45, 2.75) is 113 Å². The van der Waals surface area contributed by atoms with E-state index in [2.05, 4.69) is 50.6 Å². The van der Waals surface area contributed by atoms with Crippen LogP contribution in [0.15, 0.2) is 22.5 Å². The highest BCUT2D eigenvalue weighted by Gasteiger charge is 2.40. The predicted molar refractivity (Wildman–Crippen MR) is 153 cm³/mol. The van der Waals surface area contributed by atoms with Gasteiger partial charge < -0.3 is 9.84 Å². The molecule has 2 aromatic rings. The van der Waals surface area contributed by atoms with Gasteiger partial charge in [-0.3, -0.25) is 0 Å². The molecule has 1 saturated heterocycles. The van der Waals surface area contributed by atoms with Gasteiger partial charge in [0.05, 0.1) is 16.2 Å². The van der Waals surface area contributed by atoms with E-state index in [4.69, 9.17) is 9.72 Å². The molecule has 1 aromatic carbocycles. The molecule has 3 aliphatic rings. The van der Waals surface area contributed by atoms with E-state index >= 15 is 0 Å². The molecule has 38 heavy (non-hydrogen) atoms. The maximum absolute atomic E-state index is 13.5. The molecule has 2 heterocycles. The van der Waals surface area contributed by atoms with E-state index in [1.54, 1.807) is 0 Å². The molecule has 3 fully saturated rings. The summed E-state index contributed by atoms with van der Waals surface area (Å²) in [6.45, 7) is 9.90. The largest absolute Gasteiger partial charge is 0.388 e. The summed E-state index contributed by atoms with van der Waals surface area (Å²) in [4.78, 5) is 5.78. The number of rotatable bonds is 8. The molecule has 2 saturated carbocycles. The fourth-order valence-electron chi connectivity index (χ4n) is 5.71. The lowest BCUT2D eigenvalue weighted by molar-refractivity contribution is -0.0588. The number of thiazole rings is 1. The summed E-state index contributed by atoms with van der Waals surface area (Å²) < 4.78 is 35.1. The Labute approximate surface area is 232 Å². The van der Waals surface area contributed by atoms with Crippen molar-refractivity contribution in [3.63, 3.8) is 0 Å². The summed E-state index contributed by atoms with van der Waals surface area (Å²) in [6, 6.07) is 6.89. The second-order valence-electron chi connectivity index (χ2n) is 13.2. The first-order valence-electron chi connectivity index (χ1n) is 14.3. The van der Waals surface area contributed by atoms with Gasteiger partial charge in [-0.25, -0.2) is 18.1 Å². The Hall–Kier alpha value is -1.32. The number of benzene rings is 1. The molecule has 8 heteroatoms. The quantitative estimate of drug-likeness (QED) is 0.407. The fraction of sp³-hybridized carbons (Fsp3) is 0.700. The number of nitrogens with zero attached hydrogens (tertiary/aromatic N) is 1. The van der Waals surface area contributed by atoms with Gasteiger partial charge >= 0.3 is 0 Å². The predicted octanol–water partition coefficient (Wildman–Crippen LogP) is 6.10. The van der Waals surface area contributed by atoms with Gasteiger partial charge in [-0.1, -0.05) is 65.9 Å². The molecule has 6 nitrogen and oxygen atoms in total. The normalized spacial score (nSPS) is 21.9. The fourth-order valence-corrected chi connectivity index (χ4v) is 8.20. The zero-order valence-corrected chi connectivity index (χ0v) is 25.1. The molecule has 0 radical (unpaired) electrons. The van der Waals surface area contributed by atoms with Crippen LogP contribution in [0.3, 0.4) is 0 Å². The third-order valence-corrected chi connectivity index (χ3v) is 11.8. The van der Waals surface area contributed by atoms with Crippen LogP contribution in [0.2, 0.25) is 0 Å². The summed E-state index contributed by atoms with van der Waals surface area (Å²) in [5.41, 5.74) is 3.74. The van der Waals surface area contributed by atoms with Crippen molar-refractivity contribution in [1.29, 1.82) is 0 Å². The third kappa shape index (κ3) is 6.35. The molecule has 1 aliphatic heterocycles. The summed E-state index contributed by atoms with van der Waals surface area (Å²) in [7, 11) is -3.86. The molecule has 0 bridgehead atoms.